The number of rotatable bonds is 7. The Morgan fingerprint density at radius 3 is 2.81 bits per heavy atom. The Morgan fingerprint density at radius 1 is 1.32 bits per heavy atom. The van der Waals surface area contributed by atoms with Crippen LogP contribution < -0.4 is 11.1 Å². The average molecular weight is 425 g/mol. The number of imidazole rings is 1. The van der Waals surface area contributed by atoms with Crippen LogP contribution in [0.25, 0.3) is 11.0 Å². The highest BCUT2D eigenvalue weighted by atomic mass is 16.4. The van der Waals surface area contributed by atoms with E-state index in [1.165, 1.54) is 4.90 Å². The fourth-order valence-corrected chi connectivity index (χ4v) is 4.16. The Hall–Kier alpha value is -3.56. The molecule has 0 aliphatic carbocycles. The maximum Gasteiger partial charge on any atom is 0.407 e. The summed E-state index contributed by atoms with van der Waals surface area (Å²) in [6.07, 6.45) is 0.822. The SMILES string of the molecule is CCn1nc(C)cc1Nc1nc2cc(C(N)=O)ccc2n1CC[C@H]1CCN(C(=O)O)C1. The Bertz CT molecular complexity index is 1130. The van der Waals surface area contributed by atoms with E-state index in [1.54, 1.807) is 12.1 Å². The van der Waals surface area contributed by atoms with Gasteiger partial charge in [0.2, 0.25) is 11.9 Å². The van der Waals surface area contributed by atoms with Gasteiger partial charge in [-0.15, -0.1) is 0 Å². The lowest BCUT2D eigenvalue weighted by atomic mass is 10.1. The maximum atomic E-state index is 11.6. The van der Waals surface area contributed by atoms with Crippen molar-refractivity contribution in [2.75, 3.05) is 18.4 Å². The molecule has 10 heteroatoms. The number of hydrogen-bond donors (Lipinski definition) is 3. The molecule has 3 heterocycles. The van der Waals surface area contributed by atoms with E-state index in [9.17, 15) is 14.7 Å². The number of benzene rings is 1. The zero-order valence-corrected chi connectivity index (χ0v) is 17.7. The van der Waals surface area contributed by atoms with Crippen LogP contribution in [0.4, 0.5) is 16.6 Å². The maximum absolute atomic E-state index is 11.6. The second-order valence-corrected chi connectivity index (χ2v) is 7.94. The number of nitrogens with zero attached hydrogens (tertiary/aromatic N) is 5. The smallest absolute Gasteiger partial charge is 0.407 e. The van der Waals surface area contributed by atoms with E-state index in [1.807, 2.05) is 30.7 Å². The van der Waals surface area contributed by atoms with E-state index < -0.39 is 12.0 Å². The summed E-state index contributed by atoms with van der Waals surface area (Å²) in [6.45, 7) is 6.48. The average Bonchev–Trinajstić information content (AvgIpc) is 3.42. The summed E-state index contributed by atoms with van der Waals surface area (Å²) in [5.41, 5.74) is 8.32. The molecular weight excluding hydrogens is 398 g/mol. The molecule has 0 radical (unpaired) electrons. The molecule has 1 fully saturated rings. The molecule has 1 atom stereocenters. The molecule has 4 rings (SSSR count). The molecule has 1 aliphatic heterocycles. The van der Waals surface area contributed by atoms with Gasteiger partial charge in [-0.1, -0.05) is 0 Å². The van der Waals surface area contributed by atoms with Crippen LogP contribution in [-0.2, 0) is 13.1 Å². The van der Waals surface area contributed by atoms with Gasteiger partial charge in [-0.3, -0.25) is 4.79 Å². The molecule has 31 heavy (non-hydrogen) atoms. The van der Waals surface area contributed by atoms with Crippen molar-refractivity contribution >= 4 is 34.8 Å². The lowest BCUT2D eigenvalue weighted by Gasteiger charge is -2.15. The molecule has 164 valence electrons. The Kier molecular flexibility index (Phi) is 5.53. The van der Waals surface area contributed by atoms with E-state index in [-0.39, 0.29) is 0 Å². The summed E-state index contributed by atoms with van der Waals surface area (Å²) in [5.74, 6) is 1.30. The van der Waals surface area contributed by atoms with Gasteiger partial charge < -0.3 is 25.6 Å². The third-order valence-corrected chi connectivity index (χ3v) is 5.79. The molecule has 1 aliphatic rings. The summed E-state index contributed by atoms with van der Waals surface area (Å²) in [4.78, 5) is 29.0. The van der Waals surface area contributed by atoms with Gasteiger partial charge in [-0.2, -0.15) is 5.10 Å². The molecule has 1 saturated heterocycles. The number of aryl methyl sites for hydroxylation is 3. The van der Waals surface area contributed by atoms with Crippen molar-refractivity contribution in [3.8, 4) is 0 Å². The van der Waals surface area contributed by atoms with Gasteiger partial charge in [0.05, 0.1) is 16.7 Å². The number of aromatic nitrogens is 4. The largest absolute Gasteiger partial charge is 0.465 e. The highest BCUT2D eigenvalue weighted by Crippen LogP contribution is 2.27. The normalized spacial score (nSPS) is 16.2. The summed E-state index contributed by atoms with van der Waals surface area (Å²) in [5, 5.41) is 17.1. The van der Waals surface area contributed by atoms with Gasteiger partial charge in [-0.25, -0.2) is 14.5 Å². The lowest BCUT2D eigenvalue weighted by molar-refractivity contribution is 0.1000. The minimum Gasteiger partial charge on any atom is -0.465 e. The number of nitrogens with one attached hydrogen (secondary N) is 1. The van der Waals surface area contributed by atoms with Crippen molar-refractivity contribution < 1.29 is 14.7 Å². The first-order valence-corrected chi connectivity index (χ1v) is 10.4. The molecule has 10 nitrogen and oxygen atoms in total. The van der Waals surface area contributed by atoms with Crippen LogP contribution in [-0.4, -0.2) is 54.4 Å². The highest BCUT2D eigenvalue weighted by molar-refractivity contribution is 5.96. The van der Waals surface area contributed by atoms with Crippen molar-refractivity contribution in [1.29, 1.82) is 0 Å². The van der Waals surface area contributed by atoms with Crippen molar-refractivity contribution in [2.24, 2.45) is 11.7 Å². The van der Waals surface area contributed by atoms with Crippen LogP contribution in [0.2, 0.25) is 0 Å². The second-order valence-electron chi connectivity index (χ2n) is 7.94. The molecule has 1 aromatic carbocycles. The van der Waals surface area contributed by atoms with Gasteiger partial charge in [0.1, 0.15) is 5.82 Å². The van der Waals surface area contributed by atoms with Crippen LogP contribution in [0.3, 0.4) is 0 Å². The van der Waals surface area contributed by atoms with Crippen molar-refractivity contribution in [1.82, 2.24) is 24.2 Å². The Labute approximate surface area is 179 Å². The first-order chi connectivity index (χ1) is 14.9. The first kappa shape index (κ1) is 20.7. The number of carbonyl (C=O) groups excluding carboxylic acids is 1. The topological polar surface area (TPSA) is 131 Å². The number of amides is 2. The number of likely N-dealkylation sites (tertiary alicyclic amines) is 1. The van der Waals surface area contributed by atoms with Gasteiger partial charge in [0.15, 0.2) is 0 Å². The van der Waals surface area contributed by atoms with Crippen LogP contribution in [0.5, 0.6) is 0 Å². The Morgan fingerprint density at radius 2 is 2.13 bits per heavy atom. The van der Waals surface area contributed by atoms with Gasteiger partial charge >= 0.3 is 6.09 Å². The number of nitrogens with two attached hydrogens (primary N) is 1. The van der Waals surface area contributed by atoms with Crippen LogP contribution in [0.1, 0.15) is 35.8 Å². The third-order valence-electron chi connectivity index (χ3n) is 5.79. The highest BCUT2D eigenvalue weighted by Gasteiger charge is 2.26. The quantitative estimate of drug-likeness (QED) is 0.533. The minimum absolute atomic E-state index is 0.301. The van der Waals surface area contributed by atoms with Gasteiger partial charge in [0, 0.05) is 37.8 Å². The minimum atomic E-state index is -0.861. The Balaban J connectivity index is 1.64. The molecule has 0 bridgehead atoms. The third kappa shape index (κ3) is 4.18. The number of carbonyl (C=O) groups is 2. The molecule has 2 amide bonds. The molecule has 3 aromatic rings. The summed E-state index contributed by atoms with van der Waals surface area (Å²) in [6, 6.07) is 7.22. The predicted molar refractivity (Wildman–Crippen MR) is 116 cm³/mol. The van der Waals surface area contributed by atoms with Crippen LogP contribution in [0.15, 0.2) is 24.3 Å². The van der Waals surface area contributed by atoms with Crippen LogP contribution in [0, 0.1) is 12.8 Å². The van der Waals surface area contributed by atoms with E-state index in [4.69, 9.17) is 10.7 Å². The lowest BCUT2D eigenvalue weighted by Crippen LogP contribution is -2.26. The zero-order valence-electron chi connectivity index (χ0n) is 17.7. The standard InChI is InChI=1S/C21H27N7O3/c1-3-28-18(10-13(2)25-28)24-20-23-16-11-15(19(22)29)4-5-17(16)27(20)9-7-14-6-8-26(12-14)21(30)31/h4-5,10-11,14H,3,6-9,12H2,1-2H3,(H2,22,29)(H,23,24)(H,30,31)/t14-/m1/s1. The molecule has 4 N–H and O–H groups in total. The summed E-state index contributed by atoms with van der Waals surface area (Å²) < 4.78 is 3.95. The van der Waals surface area contributed by atoms with E-state index in [0.29, 0.717) is 42.6 Å². The zero-order chi connectivity index (χ0) is 22.1. The first-order valence-electron chi connectivity index (χ1n) is 10.4. The van der Waals surface area contributed by atoms with Crippen molar-refractivity contribution in [3.63, 3.8) is 0 Å². The van der Waals surface area contributed by atoms with E-state index in [0.717, 1.165) is 36.4 Å². The van der Waals surface area contributed by atoms with Gasteiger partial charge in [-0.05, 0) is 50.8 Å². The number of primary amides is 1. The van der Waals surface area contributed by atoms with Crippen molar-refractivity contribution in [3.05, 3.63) is 35.5 Å². The summed E-state index contributed by atoms with van der Waals surface area (Å²) >= 11 is 0. The molecule has 0 spiro atoms. The number of hydrogen-bond acceptors (Lipinski definition) is 5. The summed E-state index contributed by atoms with van der Waals surface area (Å²) in [7, 11) is 0. The predicted octanol–water partition coefficient (Wildman–Crippen LogP) is 2.79. The molecule has 0 unspecified atom stereocenters. The molecular formula is C21H27N7O3. The number of fused-ring (bicyclic) bond motifs is 1. The molecule has 2 aromatic heterocycles. The van der Waals surface area contributed by atoms with E-state index in [2.05, 4.69) is 15.0 Å². The van der Waals surface area contributed by atoms with Crippen LogP contribution >= 0.6 is 0 Å². The van der Waals surface area contributed by atoms with Crippen molar-refractivity contribution in [2.45, 2.75) is 39.8 Å². The second kappa shape index (κ2) is 8.29. The number of carboxylic acid groups (broad SMARTS) is 1. The monoisotopic (exact) mass is 425 g/mol. The fourth-order valence-electron chi connectivity index (χ4n) is 4.16. The fraction of sp³-hybridized carbons (Fsp3) is 0.429. The van der Waals surface area contributed by atoms with Gasteiger partial charge in [0.25, 0.3) is 0 Å². The number of anilines is 2. The molecule has 0 saturated carbocycles. The van der Waals surface area contributed by atoms with E-state index >= 15 is 0 Å².